The minimum atomic E-state index is 0.749. The van der Waals surface area contributed by atoms with Gasteiger partial charge >= 0.3 is 0 Å². The molecule has 1 heterocycles. The second-order valence-electron chi connectivity index (χ2n) is 5.61. The standard InChI is InChI=1S/C13H23NO/c1-2-12(7-9-15-8-1)14-13(10-3-4-10)11-5-6-11/h10-14H,1-9H2. The molecular formula is C13H23NO. The zero-order valence-electron chi connectivity index (χ0n) is 9.58. The highest BCUT2D eigenvalue weighted by molar-refractivity contribution is 4.97. The Balaban J connectivity index is 1.52. The van der Waals surface area contributed by atoms with Gasteiger partial charge in [-0.25, -0.2) is 0 Å². The lowest BCUT2D eigenvalue weighted by molar-refractivity contribution is 0.142. The summed E-state index contributed by atoms with van der Waals surface area (Å²) in [6.45, 7) is 1.95. The molecule has 0 aromatic carbocycles. The van der Waals surface area contributed by atoms with Crippen LogP contribution in [-0.2, 0) is 4.74 Å². The van der Waals surface area contributed by atoms with Gasteiger partial charge in [-0.15, -0.1) is 0 Å². The molecule has 2 saturated carbocycles. The van der Waals surface area contributed by atoms with Crippen molar-refractivity contribution in [2.24, 2.45) is 11.8 Å². The first kappa shape index (κ1) is 10.1. The highest BCUT2D eigenvalue weighted by Crippen LogP contribution is 2.44. The first-order chi connectivity index (χ1) is 7.43. The summed E-state index contributed by atoms with van der Waals surface area (Å²) in [5.41, 5.74) is 0. The van der Waals surface area contributed by atoms with E-state index in [0.717, 1.165) is 37.1 Å². The van der Waals surface area contributed by atoms with Crippen LogP contribution in [0.25, 0.3) is 0 Å². The van der Waals surface area contributed by atoms with Gasteiger partial charge in [0.15, 0.2) is 0 Å². The van der Waals surface area contributed by atoms with Crippen LogP contribution < -0.4 is 5.32 Å². The van der Waals surface area contributed by atoms with Gasteiger partial charge in [-0.1, -0.05) is 0 Å². The Morgan fingerprint density at radius 2 is 1.60 bits per heavy atom. The quantitative estimate of drug-likeness (QED) is 0.767. The summed E-state index contributed by atoms with van der Waals surface area (Å²) in [5, 5.41) is 3.94. The van der Waals surface area contributed by atoms with Crippen LogP contribution in [0.15, 0.2) is 0 Å². The summed E-state index contributed by atoms with van der Waals surface area (Å²) < 4.78 is 5.52. The average molecular weight is 209 g/mol. The van der Waals surface area contributed by atoms with Crippen LogP contribution in [0.3, 0.4) is 0 Å². The Kier molecular flexibility index (Phi) is 2.98. The molecule has 3 aliphatic rings. The van der Waals surface area contributed by atoms with Crippen molar-refractivity contribution >= 4 is 0 Å². The minimum absolute atomic E-state index is 0.749. The molecular weight excluding hydrogens is 186 g/mol. The molecule has 2 aliphatic carbocycles. The third-order valence-corrected chi connectivity index (χ3v) is 4.14. The van der Waals surface area contributed by atoms with E-state index in [-0.39, 0.29) is 0 Å². The zero-order chi connectivity index (χ0) is 10.1. The lowest BCUT2D eigenvalue weighted by atomic mass is 10.0. The lowest BCUT2D eigenvalue weighted by Gasteiger charge is -2.24. The minimum Gasteiger partial charge on any atom is -0.381 e. The maximum absolute atomic E-state index is 5.52. The molecule has 15 heavy (non-hydrogen) atoms. The van der Waals surface area contributed by atoms with Crippen molar-refractivity contribution in [3.05, 3.63) is 0 Å². The summed E-state index contributed by atoms with van der Waals surface area (Å²) in [6.07, 6.45) is 9.75. The van der Waals surface area contributed by atoms with Gasteiger partial charge in [-0.3, -0.25) is 0 Å². The fourth-order valence-electron chi connectivity index (χ4n) is 2.91. The summed E-state index contributed by atoms with van der Waals surface area (Å²) >= 11 is 0. The fraction of sp³-hybridized carbons (Fsp3) is 1.00. The molecule has 1 N–H and O–H groups in total. The SMILES string of the molecule is C1COCCC(NC(C2CC2)C2CC2)C1. The van der Waals surface area contributed by atoms with Gasteiger partial charge in [0.05, 0.1) is 0 Å². The van der Waals surface area contributed by atoms with Crippen molar-refractivity contribution < 1.29 is 4.74 Å². The zero-order valence-corrected chi connectivity index (χ0v) is 9.58. The first-order valence-electron chi connectivity index (χ1n) is 6.77. The van der Waals surface area contributed by atoms with E-state index in [1.807, 2.05) is 0 Å². The monoisotopic (exact) mass is 209 g/mol. The fourth-order valence-corrected chi connectivity index (χ4v) is 2.91. The van der Waals surface area contributed by atoms with E-state index < -0.39 is 0 Å². The number of hydrogen-bond donors (Lipinski definition) is 1. The highest BCUT2D eigenvalue weighted by Gasteiger charge is 2.41. The van der Waals surface area contributed by atoms with E-state index >= 15 is 0 Å². The van der Waals surface area contributed by atoms with Gasteiger partial charge in [0.2, 0.25) is 0 Å². The topological polar surface area (TPSA) is 21.3 Å². The molecule has 3 fully saturated rings. The largest absolute Gasteiger partial charge is 0.381 e. The molecule has 86 valence electrons. The Hall–Kier alpha value is -0.0800. The number of rotatable bonds is 4. The van der Waals surface area contributed by atoms with Crippen LogP contribution in [-0.4, -0.2) is 25.3 Å². The van der Waals surface area contributed by atoms with Crippen LogP contribution in [0.1, 0.15) is 44.9 Å². The molecule has 2 nitrogen and oxygen atoms in total. The predicted molar refractivity (Wildman–Crippen MR) is 60.8 cm³/mol. The number of ether oxygens (including phenoxy) is 1. The van der Waals surface area contributed by atoms with Crippen LogP contribution in [0.2, 0.25) is 0 Å². The van der Waals surface area contributed by atoms with Crippen LogP contribution >= 0.6 is 0 Å². The van der Waals surface area contributed by atoms with Crippen molar-refractivity contribution in [1.29, 1.82) is 0 Å². The Bertz CT molecular complexity index is 191. The van der Waals surface area contributed by atoms with Crippen LogP contribution in [0, 0.1) is 11.8 Å². The summed E-state index contributed by atoms with van der Waals surface area (Å²) in [4.78, 5) is 0. The van der Waals surface area contributed by atoms with Crippen molar-refractivity contribution in [2.45, 2.75) is 57.0 Å². The van der Waals surface area contributed by atoms with Crippen molar-refractivity contribution in [2.75, 3.05) is 13.2 Å². The smallest absolute Gasteiger partial charge is 0.0480 e. The van der Waals surface area contributed by atoms with Crippen molar-refractivity contribution in [3.8, 4) is 0 Å². The molecule has 1 atom stereocenters. The van der Waals surface area contributed by atoms with Gasteiger partial charge in [-0.2, -0.15) is 0 Å². The molecule has 0 amide bonds. The third kappa shape index (κ3) is 2.73. The van der Waals surface area contributed by atoms with E-state index in [0.29, 0.717) is 0 Å². The first-order valence-corrected chi connectivity index (χ1v) is 6.77. The average Bonchev–Trinajstić information content (AvgIpc) is 3.07. The Morgan fingerprint density at radius 3 is 2.27 bits per heavy atom. The van der Waals surface area contributed by atoms with E-state index in [2.05, 4.69) is 5.32 Å². The van der Waals surface area contributed by atoms with E-state index in [1.165, 1.54) is 44.9 Å². The number of nitrogens with one attached hydrogen (secondary N) is 1. The molecule has 1 unspecified atom stereocenters. The van der Waals surface area contributed by atoms with Crippen LogP contribution in [0.4, 0.5) is 0 Å². The third-order valence-electron chi connectivity index (χ3n) is 4.14. The highest BCUT2D eigenvalue weighted by atomic mass is 16.5. The van der Waals surface area contributed by atoms with Crippen molar-refractivity contribution in [3.63, 3.8) is 0 Å². The second-order valence-corrected chi connectivity index (χ2v) is 5.61. The van der Waals surface area contributed by atoms with Gasteiger partial charge in [0, 0.05) is 25.3 Å². The van der Waals surface area contributed by atoms with E-state index in [4.69, 9.17) is 4.74 Å². The summed E-state index contributed by atoms with van der Waals surface area (Å²) in [7, 11) is 0. The van der Waals surface area contributed by atoms with Gasteiger partial charge in [-0.05, 0) is 56.8 Å². The van der Waals surface area contributed by atoms with Crippen LogP contribution in [0.5, 0.6) is 0 Å². The van der Waals surface area contributed by atoms with Gasteiger partial charge < -0.3 is 10.1 Å². The van der Waals surface area contributed by atoms with E-state index in [1.54, 1.807) is 0 Å². The maximum Gasteiger partial charge on any atom is 0.0480 e. The maximum atomic E-state index is 5.52. The lowest BCUT2D eigenvalue weighted by Crippen LogP contribution is -2.41. The summed E-state index contributed by atoms with van der Waals surface area (Å²) in [5.74, 6) is 2.06. The summed E-state index contributed by atoms with van der Waals surface area (Å²) in [6, 6.07) is 1.62. The molecule has 0 aromatic rings. The Labute approximate surface area is 92.8 Å². The normalized spacial score (nSPS) is 33.0. The molecule has 3 rings (SSSR count). The Morgan fingerprint density at radius 1 is 0.867 bits per heavy atom. The molecule has 1 saturated heterocycles. The second kappa shape index (κ2) is 4.42. The van der Waals surface area contributed by atoms with E-state index in [9.17, 15) is 0 Å². The molecule has 0 radical (unpaired) electrons. The molecule has 0 bridgehead atoms. The molecule has 0 spiro atoms. The molecule has 0 aromatic heterocycles. The molecule has 2 heteroatoms. The predicted octanol–water partition coefficient (Wildman–Crippen LogP) is 2.33. The van der Waals surface area contributed by atoms with Gasteiger partial charge in [0.1, 0.15) is 0 Å². The number of hydrogen-bond acceptors (Lipinski definition) is 2. The van der Waals surface area contributed by atoms with Gasteiger partial charge in [0.25, 0.3) is 0 Å². The molecule has 1 aliphatic heterocycles. The van der Waals surface area contributed by atoms with Crippen molar-refractivity contribution in [1.82, 2.24) is 5.32 Å².